The van der Waals surface area contributed by atoms with Crippen LogP contribution in [0.2, 0.25) is 0 Å². The maximum atomic E-state index is 5.72. The van der Waals surface area contributed by atoms with Gasteiger partial charge in [0.1, 0.15) is 17.3 Å². The number of amidine groups is 1. The number of thiazole rings is 1. The van der Waals surface area contributed by atoms with Crippen LogP contribution in [0.25, 0.3) is 5.32 Å². The van der Waals surface area contributed by atoms with Crippen molar-refractivity contribution in [3.8, 4) is 0 Å². The van der Waals surface area contributed by atoms with Crippen LogP contribution in [-0.4, -0.2) is 30.7 Å². The van der Waals surface area contributed by atoms with Crippen molar-refractivity contribution in [1.29, 1.82) is 0 Å². The average molecular weight is 397 g/mol. The largest absolute Gasteiger partial charge is 1.00 e. The van der Waals surface area contributed by atoms with Crippen molar-refractivity contribution in [2.24, 2.45) is 16.2 Å². The number of aryl methyl sites for hydroxylation is 1. The second-order valence-electron chi connectivity index (χ2n) is 5.78. The third kappa shape index (κ3) is 5.37. The van der Waals surface area contributed by atoms with Gasteiger partial charge in [-0.3, -0.25) is 5.16 Å². The smallest absolute Gasteiger partial charge is 0.497 e. The number of hydrogen-bond donors (Lipinski definition) is 0. The van der Waals surface area contributed by atoms with Gasteiger partial charge in [-0.1, -0.05) is 30.4 Å². The molecule has 0 bridgehead atoms. The van der Waals surface area contributed by atoms with E-state index in [0.717, 1.165) is 40.3 Å². The Balaban J connectivity index is 0.00000243. The van der Waals surface area contributed by atoms with Gasteiger partial charge in [0.05, 0.1) is 7.11 Å². The van der Waals surface area contributed by atoms with Crippen LogP contribution >= 0.6 is 11.3 Å². The van der Waals surface area contributed by atoms with E-state index in [0.29, 0.717) is 18.4 Å². The van der Waals surface area contributed by atoms with Crippen LogP contribution in [0.4, 0.5) is 0 Å². The number of nitrogens with zero attached hydrogens (tertiary/aromatic N) is 4. The van der Waals surface area contributed by atoms with Crippen LogP contribution in [0.1, 0.15) is 34.5 Å². The predicted molar refractivity (Wildman–Crippen MR) is 100 cm³/mol. The Hall–Kier alpha value is -0.774. The van der Waals surface area contributed by atoms with Crippen molar-refractivity contribution in [3.63, 3.8) is 0 Å². The molecule has 26 heavy (non-hydrogen) atoms. The molecule has 6 nitrogen and oxygen atoms in total. The Kier molecular flexibility index (Phi) is 8.72. The molecule has 1 aromatic carbocycles. The van der Waals surface area contributed by atoms with Crippen LogP contribution in [-0.2, 0) is 16.3 Å². The van der Waals surface area contributed by atoms with E-state index >= 15 is 0 Å². The number of oxime groups is 2. The van der Waals surface area contributed by atoms with Gasteiger partial charge in [0.15, 0.2) is 0 Å². The van der Waals surface area contributed by atoms with Crippen LogP contribution in [0.3, 0.4) is 0 Å². The van der Waals surface area contributed by atoms with Crippen LogP contribution in [0.15, 0.2) is 40.1 Å². The molecule has 0 atom stereocenters. The van der Waals surface area contributed by atoms with Gasteiger partial charge >= 0.3 is 51.4 Å². The van der Waals surface area contributed by atoms with Crippen molar-refractivity contribution < 1.29 is 61.1 Å². The molecule has 1 aromatic heterocycles. The molecule has 2 aromatic rings. The van der Waals surface area contributed by atoms with Gasteiger partial charge < -0.3 is 15.0 Å². The van der Waals surface area contributed by atoms with Crippen molar-refractivity contribution in [3.05, 3.63) is 56.8 Å². The van der Waals surface area contributed by atoms with E-state index in [1.165, 1.54) is 7.11 Å². The van der Waals surface area contributed by atoms with E-state index in [1.54, 1.807) is 24.6 Å². The molecule has 8 heteroatoms. The average Bonchev–Trinajstić information content (AvgIpc) is 3.31. The third-order valence-corrected chi connectivity index (χ3v) is 4.82. The summed E-state index contributed by atoms with van der Waals surface area (Å²) >= 11 is 1.59. The second kappa shape index (κ2) is 10.5. The molecule has 0 spiro atoms. The maximum absolute atomic E-state index is 5.72. The molecule has 1 saturated carbocycles. The van der Waals surface area contributed by atoms with Gasteiger partial charge in [-0.15, -0.1) is 11.3 Å². The minimum Gasteiger partial charge on any atom is -0.497 e. The van der Waals surface area contributed by atoms with Crippen LogP contribution in [0.5, 0.6) is 0 Å². The Morgan fingerprint density at radius 3 is 2.77 bits per heavy atom. The Morgan fingerprint density at radius 2 is 2.15 bits per heavy atom. The fraction of sp³-hybridized carbons (Fsp3) is 0.389. The molecule has 0 aliphatic heterocycles. The summed E-state index contributed by atoms with van der Waals surface area (Å²) in [6, 6.07) is 5.97. The van der Waals surface area contributed by atoms with Gasteiger partial charge in [-0.25, -0.2) is 4.98 Å². The van der Waals surface area contributed by atoms with E-state index in [2.05, 4.69) is 20.6 Å². The summed E-state index contributed by atoms with van der Waals surface area (Å²) < 4.78 is 0. The van der Waals surface area contributed by atoms with Crippen LogP contribution < -0.4 is 51.4 Å². The first-order chi connectivity index (χ1) is 12.2. The molecule has 0 saturated heterocycles. The van der Waals surface area contributed by atoms with Gasteiger partial charge in [-0.2, -0.15) is 0 Å². The minimum atomic E-state index is 0. The van der Waals surface area contributed by atoms with Gasteiger partial charge in [0.2, 0.25) is 0 Å². The molecule has 0 unspecified atom stereocenters. The number of aromatic nitrogens is 1. The number of rotatable bonds is 7. The molecule has 0 radical (unpaired) electrons. The zero-order valence-electron chi connectivity index (χ0n) is 15.6. The number of benzene rings is 1. The molecule has 132 valence electrons. The standard InChI is InChI=1S/C18H21N4O2S.K/c1-12-5-4-6-14(17(19-2)22-23-3)15(12)11-24-21-16(13-7-8-13)18-20-9-10-25-18;/h4-6,9-10,13H,7-8,11H2,1-3H3;/q-1;+1/b21-16+;. The molecule has 1 fully saturated rings. The molecule has 3 rings (SSSR count). The van der Waals surface area contributed by atoms with Crippen molar-refractivity contribution >= 4 is 22.9 Å². The van der Waals surface area contributed by atoms with Gasteiger partial charge in [0, 0.05) is 23.1 Å². The minimum absolute atomic E-state index is 0. The zero-order chi connectivity index (χ0) is 17.6. The summed E-state index contributed by atoms with van der Waals surface area (Å²) in [7, 11) is 3.20. The maximum Gasteiger partial charge on any atom is 1.00 e. The van der Waals surface area contributed by atoms with E-state index in [9.17, 15) is 0 Å². The van der Waals surface area contributed by atoms with E-state index in [1.807, 2.05) is 30.5 Å². The first-order valence-corrected chi connectivity index (χ1v) is 9.02. The SMILES string of the molecule is C[N-]/C(=N/OC)c1cccc(C)c1CO/N=C(/c1nccs1)C1CC1.[K+]. The van der Waals surface area contributed by atoms with Crippen molar-refractivity contribution in [2.75, 3.05) is 14.2 Å². The number of hydrogen-bond acceptors (Lipinski definition) is 6. The molecule has 1 aliphatic carbocycles. The summed E-state index contributed by atoms with van der Waals surface area (Å²) in [5.41, 5.74) is 3.95. The van der Waals surface area contributed by atoms with Gasteiger partial charge in [-0.05, 0) is 36.7 Å². The monoisotopic (exact) mass is 396 g/mol. The summed E-state index contributed by atoms with van der Waals surface area (Å²) in [6.45, 7) is 2.39. The molecule has 0 amide bonds. The fourth-order valence-corrected chi connectivity index (χ4v) is 3.26. The van der Waals surface area contributed by atoms with E-state index in [4.69, 9.17) is 9.68 Å². The fourth-order valence-electron chi connectivity index (χ4n) is 2.56. The first kappa shape index (κ1) is 21.5. The van der Waals surface area contributed by atoms with E-state index in [-0.39, 0.29) is 51.4 Å². The Bertz CT molecular complexity index is 774. The second-order valence-corrected chi connectivity index (χ2v) is 6.68. The third-order valence-electron chi connectivity index (χ3n) is 4.03. The Labute approximate surface area is 200 Å². The van der Waals surface area contributed by atoms with Crippen molar-refractivity contribution in [1.82, 2.24) is 4.98 Å². The predicted octanol–water partition coefficient (Wildman–Crippen LogP) is 1.10. The summed E-state index contributed by atoms with van der Waals surface area (Å²) in [5.74, 6) is 1.01. The quantitative estimate of drug-likeness (QED) is 0.305. The topological polar surface area (TPSA) is 70.2 Å². The molecule has 1 heterocycles. The zero-order valence-corrected chi connectivity index (χ0v) is 19.5. The summed E-state index contributed by atoms with van der Waals surface area (Å²) in [5, 5.41) is 15.5. The molecular formula is C18H21KN4O2S. The van der Waals surface area contributed by atoms with Gasteiger partial charge in [0.25, 0.3) is 0 Å². The first-order valence-electron chi connectivity index (χ1n) is 8.14. The van der Waals surface area contributed by atoms with Crippen molar-refractivity contribution in [2.45, 2.75) is 26.4 Å². The Morgan fingerprint density at radius 1 is 1.35 bits per heavy atom. The molecule has 0 N–H and O–H groups in total. The summed E-state index contributed by atoms with van der Waals surface area (Å²) in [6.07, 6.45) is 4.10. The summed E-state index contributed by atoms with van der Waals surface area (Å²) in [4.78, 5) is 15.0. The normalized spacial score (nSPS) is 14.6. The van der Waals surface area contributed by atoms with Crippen LogP contribution in [0, 0.1) is 12.8 Å². The van der Waals surface area contributed by atoms with E-state index < -0.39 is 0 Å². The molecule has 1 aliphatic rings. The molecular weight excluding hydrogens is 375 g/mol.